The predicted octanol–water partition coefficient (Wildman–Crippen LogP) is 8.31. The average Bonchev–Trinajstić information content (AvgIpc) is 3.39. The molecule has 0 spiro atoms. The molecule has 170 valence electrons. The summed E-state index contributed by atoms with van der Waals surface area (Å²) in [5.41, 5.74) is 0.0783. The lowest BCUT2D eigenvalue weighted by Gasteiger charge is -2.38. The van der Waals surface area contributed by atoms with Gasteiger partial charge in [0.15, 0.2) is 0 Å². The lowest BCUT2D eigenvalue weighted by molar-refractivity contribution is 0.377. The van der Waals surface area contributed by atoms with Gasteiger partial charge in [0.25, 0.3) is 0 Å². The van der Waals surface area contributed by atoms with Crippen molar-refractivity contribution in [3.63, 3.8) is 0 Å². The van der Waals surface area contributed by atoms with Gasteiger partial charge in [0.1, 0.15) is 0 Å². The van der Waals surface area contributed by atoms with Crippen molar-refractivity contribution in [1.29, 1.82) is 0 Å². The van der Waals surface area contributed by atoms with Crippen LogP contribution in [0.5, 0.6) is 0 Å². The van der Waals surface area contributed by atoms with Crippen molar-refractivity contribution in [3.8, 4) is 0 Å². The largest absolute Gasteiger partial charge is 0.310 e. The SMILES string of the molecule is CCCCNC(C)(C)C(SSC(c1cccs1)C(C)(C)NCCCC)c1cccs1. The quantitative estimate of drug-likeness (QED) is 0.196. The Morgan fingerprint density at radius 1 is 0.767 bits per heavy atom. The first-order chi connectivity index (χ1) is 14.3. The minimum absolute atomic E-state index is 0.0392. The van der Waals surface area contributed by atoms with Gasteiger partial charge in [-0.15, -0.1) is 22.7 Å². The molecule has 6 heteroatoms. The molecule has 0 aliphatic heterocycles. The molecule has 2 aromatic heterocycles. The second-order valence-electron chi connectivity index (χ2n) is 8.99. The fraction of sp³-hybridized carbons (Fsp3) is 0.667. The zero-order valence-corrected chi connectivity index (χ0v) is 22.8. The van der Waals surface area contributed by atoms with Gasteiger partial charge in [0, 0.05) is 20.8 Å². The first kappa shape index (κ1) is 26.3. The molecule has 0 aliphatic rings. The maximum Gasteiger partial charge on any atom is 0.0671 e. The zero-order chi connectivity index (χ0) is 22.0. The molecule has 2 N–H and O–H groups in total. The lowest BCUT2D eigenvalue weighted by atomic mass is 9.98. The number of hydrogen-bond donors (Lipinski definition) is 2. The Balaban J connectivity index is 2.18. The maximum absolute atomic E-state index is 3.85. The Labute approximate surface area is 200 Å². The first-order valence-electron chi connectivity index (χ1n) is 11.2. The Morgan fingerprint density at radius 3 is 1.47 bits per heavy atom. The second-order valence-corrected chi connectivity index (χ2v) is 13.4. The normalized spacial score (nSPS) is 14.7. The van der Waals surface area contributed by atoms with Crippen molar-refractivity contribution in [1.82, 2.24) is 10.6 Å². The van der Waals surface area contributed by atoms with E-state index in [-0.39, 0.29) is 11.1 Å². The van der Waals surface area contributed by atoms with Crippen molar-refractivity contribution in [2.24, 2.45) is 0 Å². The smallest absolute Gasteiger partial charge is 0.0671 e. The summed E-state index contributed by atoms with van der Waals surface area (Å²) in [6.07, 6.45) is 4.91. The van der Waals surface area contributed by atoms with E-state index in [2.05, 4.69) is 87.2 Å². The summed E-state index contributed by atoms with van der Waals surface area (Å²) >= 11 is 3.77. The van der Waals surface area contributed by atoms with E-state index >= 15 is 0 Å². The third-order valence-corrected chi connectivity index (χ3v) is 11.2. The van der Waals surface area contributed by atoms with E-state index in [9.17, 15) is 0 Å². The minimum atomic E-state index is 0.0392. The number of hydrogen-bond acceptors (Lipinski definition) is 6. The summed E-state index contributed by atoms with van der Waals surface area (Å²) in [6.45, 7) is 16.1. The third-order valence-electron chi connectivity index (χ3n) is 5.38. The van der Waals surface area contributed by atoms with E-state index in [1.165, 1.54) is 35.4 Å². The van der Waals surface area contributed by atoms with Gasteiger partial charge in [-0.3, -0.25) is 0 Å². The molecule has 2 rings (SSSR count). The summed E-state index contributed by atoms with van der Waals surface area (Å²) in [4.78, 5) is 2.92. The number of nitrogens with one attached hydrogen (secondary N) is 2. The highest BCUT2D eigenvalue weighted by molar-refractivity contribution is 8.76. The summed E-state index contributed by atoms with van der Waals surface area (Å²) < 4.78 is 0. The fourth-order valence-corrected chi connectivity index (χ4v) is 10.1. The number of thiophene rings is 2. The molecule has 2 aromatic rings. The average molecular weight is 485 g/mol. The molecule has 0 aromatic carbocycles. The van der Waals surface area contributed by atoms with Crippen molar-refractivity contribution in [3.05, 3.63) is 44.8 Å². The van der Waals surface area contributed by atoms with Crippen molar-refractivity contribution < 1.29 is 0 Å². The Kier molecular flexibility index (Phi) is 11.3. The molecule has 0 fully saturated rings. The van der Waals surface area contributed by atoms with Crippen LogP contribution in [0.1, 0.15) is 87.5 Å². The van der Waals surface area contributed by atoms with Crippen LogP contribution in [0.25, 0.3) is 0 Å². The highest BCUT2D eigenvalue weighted by Gasteiger charge is 2.37. The Morgan fingerprint density at radius 2 is 1.17 bits per heavy atom. The molecule has 2 nitrogen and oxygen atoms in total. The highest BCUT2D eigenvalue weighted by atomic mass is 33.1. The molecule has 2 heterocycles. The van der Waals surface area contributed by atoms with Crippen LogP contribution >= 0.6 is 44.3 Å². The monoisotopic (exact) mass is 484 g/mol. The van der Waals surface area contributed by atoms with Crippen molar-refractivity contribution >= 4 is 44.3 Å². The molecular formula is C24H40N2S4. The van der Waals surface area contributed by atoms with Crippen LogP contribution in [-0.2, 0) is 0 Å². The van der Waals surface area contributed by atoms with E-state index in [1.54, 1.807) is 0 Å². The predicted molar refractivity (Wildman–Crippen MR) is 143 cm³/mol. The Bertz CT molecular complexity index is 620. The van der Waals surface area contributed by atoms with Gasteiger partial charge in [0.05, 0.1) is 10.5 Å². The van der Waals surface area contributed by atoms with Gasteiger partial charge in [-0.05, 0) is 76.5 Å². The van der Waals surface area contributed by atoms with Gasteiger partial charge in [-0.1, -0.05) is 60.4 Å². The standard InChI is InChI=1S/C24H40N2S4/c1-7-9-15-25-23(3,4)21(19-13-11-17-27-19)29-30-22(20-14-12-18-28-20)24(5,6)26-16-10-8-2/h11-14,17-18,21-22,25-26H,7-10,15-16H2,1-6H3. The van der Waals surface area contributed by atoms with Gasteiger partial charge in [-0.2, -0.15) is 0 Å². The number of unbranched alkanes of at least 4 members (excludes halogenated alkanes) is 2. The summed E-state index contributed by atoms with van der Waals surface area (Å²) in [6, 6.07) is 8.98. The summed E-state index contributed by atoms with van der Waals surface area (Å²) in [5.74, 6) is 0. The number of rotatable bonds is 15. The van der Waals surface area contributed by atoms with E-state index < -0.39 is 0 Å². The van der Waals surface area contributed by atoms with Crippen LogP contribution in [0.3, 0.4) is 0 Å². The van der Waals surface area contributed by atoms with E-state index in [1.807, 2.05) is 44.3 Å². The van der Waals surface area contributed by atoms with E-state index in [0.29, 0.717) is 10.5 Å². The van der Waals surface area contributed by atoms with Crippen LogP contribution in [0.4, 0.5) is 0 Å². The fourth-order valence-electron chi connectivity index (χ4n) is 3.40. The lowest BCUT2D eigenvalue weighted by Crippen LogP contribution is -2.45. The molecule has 0 aliphatic carbocycles. The third kappa shape index (κ3) is 7.86. The van der Waals surface area contributed by atoms with Crippen LogP contribution in [0.2, 0.25) is 0 Å². The van der Waals surface area contributed by atoms with Crippen molar-refractivity contribution in [2.45, 2.75) is 88.8 Å². The van der Waals surface area contributed by atoms with Crippen LogP contribution in [-0.4, -0.2) is 24.2 Å². The van der Waals surface area contributed by atoms with Crippen LogP contribution in [0, 0.1) is 0 Å². The van der Waals surface area contributed by atoms with Gasteiger partial charge in [-0.25, -0.2) is 0 Å². The van der Waals surface area contributed by atoms with Crippen molar-refractivity contribution in [2.75, 3.05) is 13.1 Å². The molecule has 0 saturated heterocycles. The molecular weight excluding hydrogens is 445 g/mol. The van der Waals surface area contributed by atoms with Crippen LogP contribution in [0.15, 0.2) is 35.0 Å². The zero-order valence-electron chi connectivity index (χ0n) is 19.5. The molecule has 0 saturated carbocycles. The molecule has 0 bridgehead atoms. The van der Waals surface area contributed by atoms with E-state index in [4.69, 9.17) is 0 Å². The molecule has 30 heavy (non-hydrogen) atoms. The molecule has 2 atom stereocenters. The van der Waals surface area contributed by atoms with Gasteiger partial charge < -0.3 is 10.6 Å². The summed E-state index contributed by atoms with van der Waals surface area (Å²) in [7, 11) is 4.10. The Hall–Kier alpha value is 0.0200. The van der Waals surface area contributed by atoms with Crippen LogP contribution < -0.4 is 10.6 Å². The molecule has 2 unspecified atom stereocenters. The molecule has 0 amide bonds. The minimum Gasteiger partial charge on any atom is -0.310 e. The van der Waals surface area contributed by atoms with Gasteiger partial charge in [0.2, 0.25) is 0 Å². The molecule has 0 radical (unpaired) electrons. The first-order valence-corrected chi connectivity index (χ1v) is 15.2. The maximum atomic E-state index is 3.85. The topological polar surface area (TPSA) is 24.1 Å². The van der Waals surface area contributed by atoms with E-state index in [0.717, 1.165) is 13.1 Å². The second kappa shape index (κ2) is 12.9. The van der Waals surface area contributed by atoms with Gasteiger partial charge >= 0.3 is 0 Å². The highest BCUT2D eigenvalue weighted by Crippen LogP contribution is 2.54. The summed E-state index contributed by atoms with van der Waals surface area (Å²) in [5, 5.41) is 12.9.